The van der Waals surface area contributed by atoms with Crippen LogP contribution in [0.15, 0.2) is 26.2 Å². The van der Waals surface area contributed by atoms with Gasteiger partial charge in [0.1, 0.15) is 5.58 Å². The average molecular weight is 702 g/mol. The van der Waals surface area contributed by atoms with Gasteiger partial charge < -0.3 is 29.4 Å². The fourth-order valence-electron chi connectivity index (χ4n) is 6.69. The number of aryl methyl sites for hydroxylation is 2. The second-order valence-electron chi connectivity index (χ2n) is 13.2. The van der Waals surface area contributed by atoms with Crippen LogP contribution in [0.5, 0.6) is 5.75 Å². The SMILES string of the molecule is COCC1CN(c2cc(C)c3c4c(c(=O)oc3c2C)CN(C(=O)c2c(S(=O)(=O)N(C)C)cc(C(N)=O)c(OC(C)C)c2F)CC4)CCN1C. The zero-order chi connectivity index (χ0) is 36.1. The minimum absolute atomic E-state index is 0.0562. The summed E-state index contributed by atoms with van der Waals surface area (Å²) in [5.41, 5.74) is 7.66. The normalized spacial score (nSPS) is 17.2. The fourth-order valence-corrected chi connectivity index (χ4v) is 7.79. The topological polar surface area (TPSA) is 156 Å². The summed E-state index contributed by atoms with van der Waals surface area (Å²) in [6.45, 7) is 9.82. The van der Waals surface area contributed by atoms with E-state index < -0.39 is 61.2 Å². The number of nitrogens with zero attached hydrogens (tertiary/aromatic N) is 4. The number of hydrogen-bond donors (Lipinski definition) is 1. The van der Waals surface area contributed by atoms with Gasteiger partial charge in [-0.1, -0.05) is 0 Å². The predicted molar refractivity (Wildman–Crippen MR) is 182 cm³/mol. The number of rotatable bonds is 9. The molecule has 0 spiro atoms. The van der Waals surface area contributed by atoms with Crippen LogP contribution in [0.3, 0.4) is 0 Å². The molecule has 0 aliphatic carbocycles. The van der Waals surface area contributed by atoms with Gasteiger partial charge in [-0.25, -0.2) is 21.9 Å². The molecule has 3 heterocycles. The smallest absolute Gasteiger partial charge is 0.341 e. The number of sulfonamides is 1. The molecule has 3 aromatic rings. The fraction of sp³-hybridized carbons (Fsp3) is 0.500. The lowest BCUT2D eigenvalue weighted by molar-refractivity contribution is 0.0721. The Bertz CT molecular complexity index is 1990. The Morgan fingerprint density at radius 2 is 1.84 bits per heavy atom. The van der Waals surface area contributed by atoms with Crippen LogP contribution in [0.1, 0.15) is 56.8 Å². The Hall–Kier alpha value is -4.05. The van der Waals surface area contributed by atoms with E-state index in [4.69, 9.17) is 19.6 Å². The van der Waals surface area contributed by atoms with Crippen LogP contribution in [0.4, 0.5) is 10.1 Å². The number of halogens is 1. The van der Waals surface area contributed by atoms with Crippen LogP contribution in [0.2, 0.25) is 0 Å². The quantitative estimate of drug-likeness (QED) is 0.329. The van der Waals surface area contributed by atoms with E-state index in [0.717, 1.165) is 57.8 Å². The predicted octanol–water partition coefficient (Wildman–Crippen LogP) is 2.65. The number of benzene rings is 2. The van der Waals surface area contributed by atoms with Crippen LogP contribution in [-0.2, 0) is 27.7 Å². The number of primary amides is 1. The number of ether oxygens (including phenoxy) is 2. The van der Waals surface area contributed by atoms with Gasteiger partial charge in [-0.15, -0.1) is 0 Å². The van der Waals surface area contributed by atoms with E-state index in [2.05, 4.69) is 22.9 Å². The molecular weight excluding hydrogens is 657 g/mol. The van der Waals surface area contributed by atoms with Gasteiger partial charge in [0, 0.05) is 64.0 Å². The number of fused-ring (bicyclic) bond motifs is 3. The summed E-state index contributed by atoms with van der Waals surface area (Å²) in [7, 11) is 1.73. The third-order valence-electron chi connectivity index (χ3n) is 9.33. The number of piperazine rings is 1. The molecule has 2 aromatic carbocycles. The first kappa shape index (κ1) is 36.2. The summed E-state index contributed by atoms with van der Waals surface area (Å²) in [6.07, 6.45) is -0.402. The van der Waals surface area contributed by atoms with Crippen molar-refractivity contribution in [3.63, 3.8) is 0 Å². The summed E-state index contributed by atoms with van der Waals surface area (Å²) in [5.74, 6) is -4.07. The maximum Gasteiger partial charge on any atom is 0.341 e. The molecule has 266 valence electrons. The van der Waals surface area contributed by atoms with Crippen LogP contribution in [0.25, 0.3) is 11.0 Å². The molecule has 2 aliphatic rings. The number of hydrogen-bond acceptors (Lipinski definition) is 10. The van der Waals surface area contributed by atoms with Crippen molar-refractivity contribution in [1.29, 1.82) is 0 Å². The van der Waals surface area contributed by atoms with E-state index in [-0.39, 0.29) is 31.1 Å². The Morgan fingerprint density at radius 1 is 1.14 bits per heavy atom. The van der Waals surface area contributed by atoms with Crippen molar-refractivity contribution >= 4 is 38.5 Å². The first-order valence-corrected chi connectivity index (χ1v) is 17.5. The highest BCUT2D eigenvalue weighted by atomic mass is 32.2. The molecular formula is C34H44FN5O8S. The second-order valence-corrected chi connectivity index (χ2v) is 15.3. The van der Waals surface area contributed by atoms with E-state index in [0.29, 0.717) is 12.2 Å². The molecule has 1 fully saturated rings. The summed E-state index contributed by atoms with van der Waals surface area (Å²) in [6, 6.07) is 3.16. The van der Waals surface area contributed by atoms with Gasteiger partial charge in [-0.05, 0) is 64.4 Å². The minimum Gasteiger partial charge on any atom is -0.487 e. The standard InChI is InChI=1S/C34H44FN5O8S/c1-18(2)47-31-23(32(36)41)14-26(49(44,45)37(5)6)28(29(31)35)33(42)40-10-9-22-24(16-40)34(43)48-30-20(4)25(13-19(3)27(22)30)39-12-11-38(7)21(15-39)17-46-8/h13-14,18,21H,9-12,15-17H2,1-8H3,(H2,36,41). The Labute approximate surface area is 285 Å². The van der Waals surface area contributed by atoms with Crippen molar-refractivity contribution in [1.82, 2.24) is 14.1 Å². The maximum absolute atomic E-state index is 16.3. The lowest BCUT2D eigenvalue weighted by Gasteiger charge is -2.41. The Balaban J connectivity index is 1.59. The summed E-state index contributed by atoms with van der Waals surface area (Å²) in [5, 5.41) is 0.783. The molecule has 1 unspecified atom stereocenters. The highest BCUT2D eigenvalue weighted by molar-refractivity contribution is 7.89. The first-order valence-electron chi connectivity index (χ1n) is 16.1. The van der Waals surface area contributed by atoms with E-state index in [9.17, 15) is 22.8 Å². The minimum atomic E-state index is -4.46. The van der Waals surface area contributed by atoms with Gasteiger partial charge in [0.25, 0.3) is 11.8 Å². The zero-order valence-electron chi connectivity index (χ0n) is 29.2. The van der Waals surface area contributed by atoms with E-state index in [1.807, 2.05) is 13.8 Å². The number of carbonyl (C=O) groups is 2. The largest absolute Gasteiger partial charge is 0.487 e. The van der Waals surface area contributed by atoms with Gasteiger partial charge in [0.15, 0.2) is 11.6 Å². The number of methoxy groups -OCH3 is 1. The van der Waals surface area contributed by atoms with Crippen LogP contribution < -0.4 is 21.0 Å². The number of likely N-dealkylation sites (N-methyl/N-ethyl adjacent to an activating group) is 1. The first-order chi connectivity index (χ1) is 23.0. The van der Waals surface area contributed by atoms with Gasteiger partial charge in [0.2, 0.25) is 10.0 Å². The molecule has 1 atom stereocenters. The average Bonchev–Trinajstić information content (AvgIpc) is 3.03. The zero-order valence-corrected chi connectivity index (χ0v) is 30.0. The van der Waals surface area contributed by atoms with Gasteiger partial charge in [-0.2, -0.15) is 0 Å². The molecule has 0 radical (unpaired) electrons. The molecule has 0 saturated carbocycles. The second kappa shape index (κ2) is 13.7. The molecule has 15 heteroatoms. The third kappa shape index (κ3) is 6.52. The van der Waals surface area contributed by atoms with Gasteiger partial charge in [0.05, 0.1) is 46.9 Å². The van der Waals surface area contributed by atoms with Crippen LogP contribution in [0, 0.1) is 19.7 Å². The molecule has 2 aliphatic heterocycles. The molecule has 13 nitrogen and oxygen atoms in total. The summed E-state index contributed by atoms with van der Waals surface area (Å²) >= 11 is 0. The number of anilines is 1. The van der Waals surface area contributed by atoms with Crippen LogP contribution >= 0.6 is 0 Å². The molecule has 1 aromatic heterocycles. The highest BCUT2D eigenvalue weighted by Crippen LogP contribution is 2.38. The number of amides is 2. The highest BCUT2D eigenvalue weighted by Gasteiger charge is 2.37. The monoisotopic (exact) mass is 701 g/mol. The molecule has 2 amide bonds. The molecule has 0 bridgehead atoms. The lowest BCUT2D eigenvalue weighted by atomic mass is 9.92. The van der Waals surface area contributed by atoms with Crippen molar-refractivity contribution < 1.29 is 36.3 Å². The number of nitrogens with two attached hydrogens (primary N) is 1. The van der Waals surface area contributed by atoms with Crippen molar-refractivity contribution in [2.45, 2.75) is 57.7 Å². The molecule has 2 N–H and O–H groups in total. The summed E-state index contributed by atoms with van der Waals surface area (Å²) < 4.78 is 60.8. The molecule has 5 rings (SSSR count). The van der Waals surface area contributed by atoms with E-state index in [1.165, 1.54) is 19.0 Å². The van der Waals surface area contributed by atoms with Gasteiger partial charge in [-0.3, -0.25) is 14.5 Å². The van der Waals surface area contributed by atoms with Crippen LogP contribution in [-0.4, -0.2) is 108 Å². The summed E-state index contributed by atoms with van der Waals surface area (Å²) in [4.78, 5) is 45.0. The van der Waals surface area contributed by atoms with Crippen molar-refractivity contribution in [3.8, 4) is 5.75 Å². The lowest BCUT2D eigenvalue weighted by Crippen LogP contribution is -2.53. The Morgan fingerprint density at radius 3 is 2.45 bits per heavy atom. The van der Waals surface area contributed by atoms with Gasteiger partial charge >= 0.3 is 5.63 Å². The van der Waals surface area contributed by atoms with Crippen molar-refractivity contribution in [2.75, 3.05) is 65.9 Å². The molecule has 1 saturated heterocycles. The van der Waals surface area contributed by atoms with Crippen molar-refractivity contribution in [2.24, 2.45) is 5.73 Å². The Kier molecular flexibility index (Phi) is 10.1. The number of carbonyl (C=O) groups excluding carboxylic acids is 2. The van der Waals surface area contributed by atoms with E-state index in [1.54, 1.807) is 21.0 Å². The van der Waals surface area contributed by atoms with E-state index >= 15 is 4.39 Å². The third-order valence-corrected chi connectivity index (χ3v) is 11.2. The molecule has 49 heavy (non-hydrogen) atoms. The van der Waals surface area contributed by atoms with Crippen molar-refractivity contribution in [3.05, 3.63) is 61.8 Å². The maximum atomic E-state index is 16.3.